The summed E-state index contributed by atoms with van der Waals surface area (Å²) in [6.07, 6.45) is 3.92. The lowest BCUT2D eigenvalue weighted by atomic mass is 10.2. The van der Waals surface area contributed by atoms with E-state index in [1.54, 1.807) is 13.3 Å². The lowest BCUT2D eigenvalue weighted by molar-refractivity contribution is 0.275. The first kappa shape index (κ1) is 18.0. The Morgan fingerprint density at radius 2 is 1.70 bits per heavy atom. The van der Waals surface area contributed by atoms with Gasteiger partial charge >= 0.3 is 0 Å². The molecule has 0 fully saturated rings. The van der Waals surface area contributed by atoms with Gasteiger partial charge in [0.2, 0.25) is 0 Å². The zero-order chi connectivity index (χ0) is 17.4. The molecule has 0 saturated carbocycles. The normalized spacial score (nSPS) is 12.8. The summed E-state index contributed by atoms with van der Waals surface area (Å²) in [4.78, 5) is 4.70. The third kappa shape index (κ3) is 2.60. The van der Waals surface area contributed by atoms with E-state index in [0.717, 1.165) is 16.6 Å². The minimum Gasteiger partial charge on any atom is -0.495 e. The van der Waals surface area contributed by atoms with Crippen LogP contribution in [0.1, 0.15) is 47.1 Å². The Bertz CT molecular complexity index is 655. The lowest BCUT2D eigenvalue weighted by Gasteiger charge is -2.44. The van der Waals surface area contributed by atoms with Crippen molar-refractivity contribution in [2.24, 2.45) is 0 Å². The summed E-state index contributed by atoms with van der Waals surface area (Å²) in [7, 11) is -0.228. The maximum Gasteiger partial charge on any atom is 0.171 e. The zero-order valence-electron chi connectivity index (χ0n) is 15.4. The van der Waals surface area contributed by atoms with E-state index >= 15 is 0 Å². The largest absolute Gasteiger partial charge is 0.495 e. The molecule has 0 aliphatic rings. The van der Waals surface area contributed by atoms with Crippen LogP contribution in [-0.4, -0.2) is 29.7 Å². The fourth-order valence-electron chi connectivity index (χ4n) is 4.61. The summed E-state index contributed by atoms with van der Waals surface area (Å²) in [5.41, 5.74) is 3.60. The molecular weight excluding hydrogens is 304 g/mol. The van der Waals surface area contributed by atoms with Crippen molar-refractivity contribution in [3.8, 4) is 5.75 Å². The van der Waals surface area contributed by atoms with Gasteiger partial charge in [-0.2, -0.15) is 0 Å². The number of methoxy groups -OCH3 is 1. The quantitative estimate of drug-likeness (QED) is 0.788. The summed E-state index contributed by atoms with van der Waals surface area (Å²) in [5, 5.41) is 10.8. The first-order chi connectivity index (χ1) is 10.8. The summed E-state index contributed by atoms with van der Waals surface area (Å²) in [6, 6.07) is 2.09. The van der Waals surface area contributed by atoms with Crippen LogP contribution in [0.3, 0.4) is 0 Å². The predicted octanol–water partition coefficient (Wildman–Crippen LogP) is 4.56. The second kappa shape index (κ2) is 6.65. The molecule has 4 nitrogen and oxygen atoms in total. The Kier molecular flexibility index (Phi) is 5.21. The molecule has 1 N–H and O–H groups in total. The highest BCUT2D eigenvalue weighted by molar-refractivity contribution is 6.82. The first-order valence-electron chi connectivity index (χ1n) is 8.46. The van der Waals surface area contributed by atoms with Crippen LogP contribution in [-0.2, 0) is 6.61 Å². The van der Waals surface area contributed by atoms with Crippen LogP contribution in [0.15, 0.2) is 18.5 Å². The number of fused-ring (bicyclic) bond motifs is 1. The highest BCUT2D eigenvalue weighted by Crippen LogP contribution is 2.44. The monoisotopic (exact) mass is 334 g/mol. The molecule has 0 aromatic carbocycles. The molecule has 2 rings (SSSR count). The molecule has 128 valence electrons. The number of aliphatic hydroxyl groups excluding tert-OH is 1. The van der Waals surface area contributed by atoms with Crippen molar-refractivity contribution in [1.82, 2.24) is 9.22 Å². The average molecular weight is 335 g/mol. The van der Waals surface area contributed by atoms with Gasteiger partial charge in [-0.05, 0) is 28.9 Å². The Hall–Kier alpha value is -1.33. The topological polar surface area (TPSA) is 47.3 Å². The molecule has 0 bridgehead atoms. The van der Waals surface area contributed by atoms with Gasteiger partial charge < -0.3 is 14.1 Å². The zero-order valence-corrected chi connectivity index (χ0v) is 16.4. The minimum atomic E-state index is -1.85. The molecule has 0 aliphatic carbocycles. The van der Waals surface area contributed by atoms with Gasteiger partial charge in [-0.25, -0.2) is 4.98 Å². The molecule has 0 atom stereocenters. The van der Waals surface area contributed by atoms with Crippen molar-refractivity contribution in [2.75, 3.05) is 7.11 Å². The second-order valence-electron chi connectivity index (χ2n) is 7.24. The molecule has 0 unspecified atom stereocenters. The maximum atomic E-state index is 9.78. The van der Waals surface area contributed by atoms with E-state index < -0.39 is 8.24 Å². The van der Waals surface area contributed by atoms with Crippen molar-refractivity contribution in [2.45, 2.75) is 64.8 Å². The van der Waals surface area contributed by atoms with Gasteiger partial charge in [-0.1, -0.05) is 41.5 Å². The smallest absolute Gasteiger partial charge is 0.171 e. The fourth-order valence-corrected chi connectivity index (χ4v) is 11.2. The number of rotatable bonds is 6. The molecule has 23 heavy (non-hydrogen) atoms. The molecule has 0 aliphatic heterocycles. The van der Waals surface area contributed by atoms with E-state index in [9.17, 15) is 5.11 Å². The van der Waals surface area contributed by atoms with Gasteiger partial charge in [0.05, 0.1) is 19.9 Å². The van der Waals surface area contributed by atoms with Crippen molar-refractivity contribution in [3.05, 3.63) is 24.0 Å². The van der Waals surface area contributed by atoms with E-state index in [2.05, 4.69) is 58.0 Å². The minimum absolute atomic E-state index is 0.0359. The highest BCUT2D eigenvalue weighted by atomic mass is 28.3. The van der Waals surface area contributed by atoms with Gasteiger partial charge in [-0.3, -0.25) is 0 Å². The van der Waals surface area contributed by atoms with Crippen molar-refractivity contribution in [3.63, 3.8) is 0 Å². The number of nitrogens with zero attached hydrogens (tertiary/aromatic N) is 2. The van der Waals surface area contributed by atoms with Crippen LogP contribution in [0.25, 0.3) is 11.0 Å². The van der Waals surface area contributed by atoms with Gasteiger partial charge in [0.1, 0.15) is 11.4 Å². The first-order valence-corrected chi connectivity index (χ1v) is 10.6. The number of pyridine rings is 1. The SMILES string of the molecule is COc1cnc2c(ccn2[Si](C(C)C)(C(C)C)C(C)C)c1CO. The third-order valence-electron chi connectivity index (χ3n) is 5.36. The third-order valence-corrected chi connectivity index (χ3v) is 12.1. The molecule has 2 aromatic rings. The predicted molar refractivity (Wildman–Crippen MR) is 98.7 cm³/mol. The van der Waals surface area contributed by atoms with Crippen LogP contribution in [0, 0.1) is 0 Å². The standard InChI is InChI=1S/C18H30N2O2Si/c1-12(2)23(13(3)4,14(5)6)20-9-8-15-16(11-21)17(22-7)10-19-18(15)20/h8-10,12-14,21H,11H2,1-7H3. The molecule has 2 heterocycles. The fraction of sp³-hybridized carbons (Fsp3) is 0.611. The molecule has 0 radical (unpaired) electrons. The van der Waals surface area contributed by atoms with Gasteiger partial charge in [0, 0.05) is 10.9 Å². The molecule has 0 spiro atoms. The van der Waals surface area contributed by atoms with E-state index in [1.165, 1.54) is 0 Å². The van der Waals surface area contributed by atoms with E-state index in [-0.39, 0.29) is 6.61 Å². The van der Waals surface area contributed by atoms with E-state index in [0.29, 0.717) is 22.4 Å². The molecule has 0 amide bonds. The van der Waals surface area contributed by atoms with Crippen molar-refractivity contribution < 1.29 is 9.84 Å². The Labute approximate surface area is 140 Å². The van der Waals surface area contributed by atoms with E-state index in [1.807, 2.05) is 0 Å². The van der Waals surface area contributed by atoms with Crippen LogP contribution < -0.4 is 4.74 Å². The summed E-state index contributed by atoms with van der Waals surface area (Å²) in [6.45, 7) is 14.0. The van der Waals surface area contributed by atoms with Gasteiger partial charge in [0.15, 0.2) is 8.24 Å². The van der Waals surface area contributed by atoms with Crippen LogP contribution in [0.4, 0.5) is 0 Å². The summed E-state index contributed by atoms with van der Waals surface area (Å²) in [5.74, 6) is 0.656. The number of ether oxygens (including phenoxy) is 1. The summed E-state index contributed by atoms with van der Waals surface area (Å²) >= 11 is 0. The number of hydrogen-bond acceptors (Lipinski definition) is 3. The molecule has 0 saturated heterocycles. The summed E-state index contributed by atoms with van der Waals surface area (Å²) < 4.78 is 7.82. The number of hydrogen-bond donors (Lipinski definition) is 1. The van der Waals surface area contributed by atoms with E-state index in [4.69, 9.17) is 9.72 Å². The Balaban J connectivity index is 2.81. The van der Waals surface area contributed by atoms with Crippen LogP contribution in [0.2, 0.25) is 16.6 Å². The lowest BCUT2D eigenvalue weighted by Crippen LogP contribution is -2.51. The maximum absolute atomic E-state index is 9.78. The number of aromatic nitrogens is 2. The Morgan fingerprint density at radius 3 is 2.13 bits per heavy atom. The molecule has 5 heteroatoms. The molecule has 2 aromatic heterocycles. The van der Waals surface area contributed by atoms with Gasteiger partial charge in [0.25, 0.3) is 0 Å². The highest BCUT2D eigenvalue weighted by Gasteiger charge is 2.46. The Morgan fingerprint density at radius 1 is 1.13 bits per heavy atom. The second-order valence-corrected chi connectivity index (χ2v) is 13.0. The molecular formula is C18H30N2O2Si. The van der Waals surface area contributed by atoms with Crippen LogP contribution >= 0.6 is 0 Å². The van der Waals surface area contributed by atoms with Crippen LogP contribution in [0.5, 0.6) is 5.75 Å². The average Bonchev–Trinajstić information content (AvgIpc) is 2.90. The van der Waals surface area contributed by atoms with Crippen molar-refractivity contribution >= 4 is 19.3 Å². The number of aliphatic hydroxyl groups is 1. The van der Waals surface area contributed by atoms with Crippen molar-refractivity contribution in [1.29, 1.82) is 0 Å². The van der Waals surface area contributed by atoms with Gasteiger partial charge in [-0.15, -0.1) is 0 Å².